The van der Waals surface area contributed by atoms with Crippen molar-refractivity contribution >= 4 is 45.2 Å². The van der Waals surface area contributed by atoms with Crippen LogP contribution in [-0.4, -0.2) is 30.8 Å². The van der Waals surface area contributed by atoms with Crippen LogP contribution in [0.25, 0.3) is 15.5 Å². The van der Waals surface area contributed by atoms with Gasteiger partial charge in [0.2, 0.25) is 4.96 Å². The van der Waals surface area contributed by atoms with Crippen molar-refractivity contribution in [1.82, 2.24) is 25.1 Å². The average Bonchev–Trinajstić information content (AvgIpc) is 3.28. The number of anilines is 1. The number of carbonyl (C=O) groups excluding carboxylic acids is 1. The predicted octanol–water partition coefficient (Wildman–Crippen LogP) is 3.85. The van der Waals surface area contributed by atoms with Crippen molar-refractivity contribution in [2.24, 2.45) is 0 Å². The minimum Gasteiger partial charge on any atom is -0.332 e. The first kappa shape index (κ1) is 19.2. The fourth-order valence-electron chi connectivity index (χ4n) is 2.85. The van der Waals surface area contributed by atoms with Gasteiger partial charge in [-0.2, -0.15) is 9.61 Å². The maximum atomic E-state index is 12.4. The van der Waals surface area contributed by atoms with Gasteiger partial charge in [-0.3, -0.25) is 10.1 Å². The third-order valence-corrected chi connectivity index (χ3v) is 5.40. The summed E-state index contributed by atoms with van der Waals surface area (Å²) in [6.07, 6.45) is 0.765. The van der Waals surface area contributed by atoms with Crippen LogP contribution >= 0.6 is 23.6 Å². The van der Waals surface area contributed by atoms with Gasteiger partial charge in [0.05, 0.1) is 0 Å². The number of rotatable bonds is 4. The van der Waals surface area contributed by atoms with Crippen molar-refractivity contribution in [3.8, 4) is 10.6 Å². The Morgan fingerprint density at radius 3 is 2.79 bits per heavy atom. The second-order valence-corrected chi connectivity index (χ2v) is 7.79. The van der Waals surface area contributed by atoms with E-state index in [9.17, 15) is 4.79 Å². The van der Waals surface area contributed by atoms with Crippen LogP contribution < -0.4 is 10.6 Å². The van der Waals surface area contributed by atoms with Crippen LogP contribution in [-0.2, 0) is 6.42 Å². The number of benzene rings is 2. The number of carbonyl (C=O) groups is 1. The van der Waals surface area contributed by atoms with Crippen molar-refractivity contribution < 1.29 is 4.79 Å². The first-order valence-corrected chi connectivity index (χ1v) is 10.3. The summed E-state index contributed by atoms with van der Waals surface area (Å²) in [5.41, 5.74) is 3.27. The number of hydrogen-bond acceptors (Lipinski definition) is 6. The van der Waals surface area contributed by atoms with Gasteiger partial charge >= 0.3 is 0 Å². The van der Waals surface area contributed by atoms with E-state index in [0.29, 0.717) is 5.56 Å². The monoisotopic (exact) mass is 422 g/mol. The van der Waals surface area contributed by atoms with Crippen molar-refractivity contribution in [2.75, 3.05) is 5.32 Å². The van der Waals surface area contributed by atoms with Gasteiger partial charge in [-0.15, -0.1) is 10.2 Å². The number of aryl methyl sites for hydroxylation is 2. The van der Waals surface area contributed by atoms with Gasteiger partial charge in [0, 0.05) is 23.2 Å². The van der Waals surface area contributed by atoms with Crippen molar-refractivity contribution in [3.63, 3.8) is 0 Å². The molecule has 0 fully saturated rings. The molecule has 7 nitrogen and oxygen atoms in total. The van der Waals surface area contributed by atoms with Crippen LogP contribution in [0.4, 0.5) is 5.69 Å². The third kappa shape index (κ3) is 4.15. The normalized spacial score (nSPS) is 10.8. The maximum absolute atomic E-state index is 12.4. The van der Waals surface area contributed by atoms with Crippen molar-refractivity contribution in [3.05, 3.63) is 65.5 Å². The van der Waals surface area contributed by atoms with Gasteiger partial charge in [0.1, 0.15) is 5.01 Å². The van der Waals surface area contributed by atoms with Gasteiger partial charge in [-0.05, 0) is 43.4 Å². The summed E-state index contributed by atoms with van der Waals surface area (Å²) >= 11 is 6.77. The summed E-state index contributed by atoms with van der Waals surface area (Å²) in [4.78, 5) is 13.1. The standard InChI is InChI=1S/C20H18N6OS2/c1-3-16-23-24-20-26(16)25-18(29-20)14-8-5-9-15(11-14)21-19(28)22-17(27)13-7-4-6-12(2)10-13/h4-11H,3H2,1-2H3,(H2,21,22,27,28). The Kier molecular flexibility index (Phi) is 5.32. The third-order valence-electron chi connectivity index (χ3n) is 4.25. The van der Waals surface area contributed by atoms with Gasteiger partial charge in [0.25, 0.3) is 5.91 Å². The molecule has 0 unspecified atom stereocenters. The summed E-state index contributed by atoms with van der Waals surface area (Å²) < 4.78 is 1.77. The summed E-state index contributed by atoms with van der Waals surface area (Å²) in [5.74, 6) is 0.583. The Hall–Kier alpha value is -3.17. The molecule has 29 heavy (non-hydrogen) atoms. The Labute approximate surface area is 176 Å². The second kappa shape index (κ2) is 8.06. The molecule has 4 aromatic rings. The van der Waals surface area contributed by atoms with E-state index in [4.69, 9.17) is 12.2 Å². The van der Waals surface area contributed by atoms with E-state index < -0.39 is 0 Å². The predicted molar refractivity (Wildman–Crippen MR) is 118 cm³/mol. The molecule has 4 rings (SSSR count). The molecule has 0 aliphatic carbocycles. The van der Waals surface area contributed by atoms with Crippen molar-refractivity contribution in [1.29, 1.82) is 0 Å². The minimum absolute atomic E-state index is 0.236. The van der Waals surface area contributed by atoms with Crippen LogP contribution in [0.5, 0.6) is 0 Å². The Bertz CT molecular complexity index is 1210. The Balaban J connectivity index is 1.48. The molecule has 146 valence electrons. The smallest absolute Gasteiger partial charge is 0.257 e. The fourth-order valence-corrected chi connectivity index (χ4v) is 3.91. The molecule has 2 aromatic heterocycles. The highest BCUT2D eigenvalue weighted by atomic mass is 32.1. The lowest BCUT2D eigenvalue weighted by atomic mass is 10.1. The highest BCUT2D eigenvalue weighted by molar-refractivity contribution is 7.80. The zero-order chi connectivity index (χ0) is 20.4. The SMILES string of the molecule is CCc1nnc2sc(-c3cccc(NC(=S)NC(=O)c4cccc(C)c4)c3)nn12. The molecule has 0 atom stereocenters. The van der Waals surface area contributed by atoms with E-state index in [1.54, 1.807) is 10.6 Å². The van der Waals surface area contributed by atoms with Crippen LogP contribution in [0.3, 0.4) is 0 Å². The molecule has 0 spiro atoms. The molecule has 0 bridgehead atoms. The van der Waals surface area contributed by atoms with Gasteiger partial charge in [-0.1, -0.05) is 48.1 Å². The summed E-state index contributed by atoms with van der Waals surface area (Å²) in [6.45, 7) is 3.96. The zero-order valence-corrected chi connectivity index (χ0v) is 17.5. The lowest BCUT2D eigenvalue weighted by Crippen LogP contribution is -2.34. The molecule has 0 radical (unpaired) electrons. The molecule has 0 saturated heterocycles. The van der Waals surface area contributed by atoms with Crippen molar-refractivity contribution in [2.45, 2.75) is 20.3 Å². The Morgan fingerprint density at radius 1 is 1.17 bits per heavy atom. The summed E-state index contributed by atoms with van der Waals surface area (Å²) in [6, 6.07) is 15.0. The van der Waals surface area contributed by atoms with E-state index >= 15 is 0 Å². The molecule has 1 amide bonds. The Morgan fingerprint density at radius 2 is 2.00 bits per heavy atom. The van der Waals surface area contributed by atoms with E-state index in [1.165, 1.54) is 11.3 Å². The molecule has 2 N–H and O–H groups in total. The van der Waals surface area contributed by atoms with Crippen LogP contribution in [0.1, 0.15) is 28.7 Å². The quantitative estimate of drug-likeness (QED) is 0.486. The first-order chi connectivity index (χ1) is 14.0. The van der Waals surface area contributed by atoms with E-state index in [-0.39, 0.29) is 11.0 Å². The average molecular weight is 423 g/mol. The van der Waals surface area contributed by atoms with Gasteiger partial charge in [0.15, 0.2) is 10.9 Å². The van der Waals surface area contributed by atoms with Crippen LogP contribution in [0.15, 0.2) is 48.5 Å². The number of thiocarbonyl (C=S) groups is 1. The number of amides is 1. The summed E-state index contributed by atoms with van der Waals surface area (Å²) in [7, 11) is 0. The number of nitrogens with one attached hydrogen (secondary N) is 2. The number of hydrogen-bond donors (Lipinski definition) is 2. The molecule has 9 heteroatoms. The van der Waals surface area contributed by atoms with Gasteiger partial charge < -0.3 is 5.32 Å². The lowest BCUT2D eigenvalue weighted by molar-refractivity contribution is 0.0977. The highest BCUT2D eigenvalue weighted by Crippen LogP contribution is 2.27. The zero-order valence-electron chi connectivity index (χ0n) is 15.8. The first-order valence-electron chi connectivity index (χ1n) is 9.04. The van der Waals surface area contributed by atoms with E-state index in [2.05, 4.69) is 25.9 Å². The van der Waals surface area contributed by atoms with Crippen LogP contribution in [0.2, 0.25) is 0 Å². The lowest BCUT2D eigenvalue weighted by Gasteiger charge is -2.10. The van der Waals surface area contributed by atoms with Gasteiger partial charge in [-0.25, -0.2) is 0 Å². The van der Waals surface area contributed by atoms with E-state index in [0.717, 1.165) is 39.0 Å². The number of fused-ring (bicyclic) bond motifs is 1. The number of aromatic nitrogens is 4. The molecule has 2 aromatic carbocycles. The minimum atomic E-state index is -0.247. The maximum Gasteiger partial charge on any atom is 0.257 e. The molecular weight excluding hydrogens is 404 g/mol. The molecular formula is C20H18N6OS2. The fraction of sp³-hybridized carbons (Fsp3) is 0.150. The molecule has 0 saturated carbocycles. The highest BCUT2D eigenvalue weighted by Gasteiger charge is 2.13. The second-order valence-electron chi connectivity index (χ2n) is 6.43. The van der Waals surface area contributed by atoms with Crippen LogP contribution in [0, 0.1) is 6.92 Å². The number of nitrogens with zero attached hydrogens (tertiary/aromatic N) is 4. The molecule has 0 aliphatic rings. The summed E-state index contributed by atoms with van der Waals surface area (Å²) in [5, 5.41) is 19.7. The molecule has 0 aliphatic heterocycles. The van der Waals surface area contributed by atoms with E-state index in [1.807, 2.05) is 56.3 Å². The molecule has 2 heterocycles. The largest absolute Gasteiger partial charge is 0.332 e. The topological polar surface area (TPSA) is 84.2 Å².